The molecule has 19 heavy (non-hydrogen) atoms. The van der Waals surface area contributed by atoms with Crippen LogP contribution in [0.5, 0.6) is 0 Å². The molecule has 1 N–H and O–H groups in total. The van der Waals surface area contributed by atoms with Crippen LogP contribution in [0.4, 0.5) is 0 Å². The van der Waals surface area contributed by atoms with Crippen molar-refractivity contribution in [3.05, 3.63) is 21.9 Å². The van der Waals surface area contributed by atoms with Crippen LogP contribution < -0.4 is 0 Å². The van der Waals surface area contributed by atoms with Crippen molar-refractivity contribution in [2.45, 2.75) is 13.5 Å². The van der Waals surface area contributed by atoms with Gasteiger partial charge in [0.05, 0.1) is 0 Å². The Balaban J connectivity index is 2.12. The number of likely N-dealkylation sites (N-methyl/N-ethyl adjacent to an activating group) is 1. The summed E-state index contributed by atoms with van der Waals surface area (Å²) in [6, 6.07) is 1.68. The first-order chi connectivity index (χ1) is 9.04. The van der Waals surface area contributed by atoms with E-state index in [4.69, 9.17) is 5.11 Å². The number of aromatic carboxylic acids is 1. The highest BCUT2D eigenvalue weighted by atomic mass is 32.1. The number of amides is 2. The Bertz CT molecular complexity index is 526. The minimum atomic E-state index is -1.00. The standard InChI is InChI=1S/C12H14N2O4S/c1-2-13-4-5-14(11(16)10(13)15)7-8-3-6-19-9(8)12(17)18/h3,6H,2,4-5,7H2,1H3,(H,17,18). The lowest BCUT2D eigenvalue weighted by molar-refractivity contribution is -0.156. The summed E-state index contributed by atoms with van der Waals surface area (Å²) in [5.74, 6) is -2.08. The Labute approximate surface area is 114 Å². The first-order valence-corrected chi connectivity index (χ1v) is 6.80. The molecule has 6 nitrogen and oxygen atoms in total. The lowest BCUT2D eigenvalue weighted by Crippen LogP contribution is -2.53. The first kappa shape index (κ1) is 13.5. The monoisotopic (exact) mass is 282 g/mol. The molecule has 0 atom stereocenters. The molecule has 102 valence electrons. The van der Waals surface area contributed by atoms with Gasteiger partial charge in [0.2, 0.25) is 0 Å². The Hall–Kier alpha value is -1.89. The molecule has 0 bridgehead atoms. The number of carbonyl (C=O) groups excluding carboxylic acids is 2. The number of piperazine rings is 1. The van der Waals surface area contributed by atoms with Gasteiger partial charge in [0.15, 0.2) is 0 Å². The van der Waals surface area contributed by atoms with E-state index >= 15 is 0 Å². The van der Waals surface area contributed by atoms with Crippen LogP contribution in [0.1, 0.15) is 22.2 Å². The molecule has 2 rings (SSSR count). The van der Waals surface area contributed by atoms with Crippen LogP contribution in [-0.4, -0.2) is 52.3 Å². The van der Waals surface area contributed by atoms with E-state index in [2.05, 4.69) is 0 Å². The molecule has 0 aliphatic carbocycles. The van der Waals surface area contributed by atoms with E-state index < -0.39 is 17.8 Å². The van der Waals surface area contributed by atoms with Crippen LogP contribution in [0.25, 0.3) is 0 Å². The summed E-state index contributed by atoms with van der Waals surface area (Å²) in [4.78, 5) is 37.7. The van der Waals surface area contributed by atoms with Crippen molar-refractivity contribution in [1.29, 1.82) is 0 Å². The maximum atomic E-state index is 11.9. The Morgan fingerprint density at radius 3 is 2.58 bits per heavy atom. The highest BCUT2D eigenvalue weighted by Gasteiger charge is 2.32. The zero-order chi connectivity index (χ0) is 14.0. The van der Waals surface area contributed by atoms with Crippen molar-refractivity contribution in [2.24, 2.45) is 0 Å². The van der Waals surface area contributed by atoms with Gasteiger partial charge in [0.1, 0.15) is 4.88 Å². The third-order valence-electron chi connectivity index (χ3n) is 3.08. The second kappa shape index (κ2) is 5.40. The molecule has 0 spiro atoms. The number of hydrogen-bond acceptors (Lipinski definition) is 4. The fourth-order valence-electron chi connectivity index (χ4n) is 2.02. The van der Waals surface area contributed by atoms with E-state index in [0.717, 1.165) is 11.3 Å². The average Bonchev–Trinajstić information content (AvgIpc) is 2.83. The fourth-order valence-corrected chi connectivity index (χ4v) is 2.77. The third kappa shape index (κ3) is 2.60. The van der Waals surface area contributed by atoms with Crippen molar-refractivity contribution in [2.75, 3.05) is 19.6 Å². The fraction of sp³-hybridized carbons (Fsp3) is 0.417. The van der Waals surface area contributed by atoms with E-state index in [9.17, 15) is 14.4 Å². The van der Waals surface area contributed by atoms with Crippen molar-refractivity contribution >= 4 is 29.1 Å². The van der Waals surface area contributed by atoms with Gasteiger partial charge in [-0.1, -0.05) is 0 Å². The Morgan fingerprint density at radius 1 is 1.32 bits per heavy atom. The Morgan fingerprint density at radius 2 is 1.95 bits per heavy atom. The second-order valence-electron chi connectivity index (χ2n) is 4.19. The number of rotatable bonds is 4. The molecule has 1 aromatic rings. The SMILES string of the molecule is CCN1CCN(Cc2ccsc2C(=O)O)C(=O)C1=O. The predicted molar refractivity (Wildman–Crippen MR) is 68.9 cm³/mol. The van der Waals surface area contributed by atoms with Crippen LogP contribution in [0, 0.1) is 0 Å². The summed E-state index contributed by atoms with van der Waals surface area (Å²) >= 11 is 1.12. The molecule has 2 heterocycles. The summed E-state index contributed by atoms with van der Waals surface area (Å²) in [7, 11) is 0. The number of carbonyl (C=O) groups is 3. The highest BCUT2D eigenvalue weighted by Crippen LogP contribution is 2.19. The number of carboxylic acid groups (broad SMARTS) is 1. The molecule has 0 saturated carbocycles. The number of thiophene rings is 1. The van der Waals surface area contributed by atoms with E-state index in [1.54, 1.807) is 11.4 Å². The molecule has 1 saturated heterocycles. The van der Waals surface area contributed by atoms with Gasteiger partial charge < -0.3 is 14.9 Å². The van der Waals surface area contributed by atoms with Crippen molar-refractivity contribution < 1.29 is 19.5 Å². The first-order valence-electron chi connectivity index (χ1n) is 5.92. The van der Waals surface area contributed by atoms with E-state index in [1.807, 2.05) is 6.92 Å². The molecule has 1 aliphatic rings. The second-order valence-corrected chi connectivity index (χ2v) is 5.11. The summed E-state index contributed by atoms with van der Waals surface area (Å²) in [6.45, 7) is 3.44. The average molecular weight is 282 g/mol. The van der Waals surface area contributed by atoms with Gasteiger partial charge >= 0.3 is 17.8 Å². The minimum absolute atomic E-state index is 0.174. The molecular weight excluding hydrogens is 268 g/mol. The minimum Gasteiger partial charge on any atom is -0.477 e. The van der Waals surface area contributed by atoms with Crippen molar-refractivity contribution in [3.63, 3.8) is 0 Å². The van der Waals surface area contributed by atoms with Gasteiger partial charge in [0.25, 0.3) is 0 Å². The summed E-state index contributed by atoms with van der Waals surface area (Å²) in [5.41, 5.74) is 0.573. The van der Waals surface area contributed by atoms with E-state index in [1.165, 1.54) is 9.80 Å². The number of carboxylic acids is 1. The molecule has 2 amide bonds. The topological polar surface area (TPSA) is 77.9 Å². The zero-order valence-electron chi connectivity index (χ0n) is 10.5. The summed E-state index contributed by atoms with van der Waals surface area (Å²) in [5, 5.41) is 10.7. The quantitative estimate of drug-likeness (QED) is 0.822. The Kier molecular flexibility index (Phi) is 3.84. The van der Waals surface area contributed by atoms with Crippen LogP contribution in [0.3, 0.4) is 0 Å². The highest BCUT2D eigenvalue weighted by molar-refractivity contribution is 7.12. The molecule has 0 radical (unpaired) electrons. The zero-order valence-corrected chi connectivity index (χ0v) is 11.3. The van der Waals surface area contributed by atoms with Gasteiger partial charge in [-0.05, 0) is 23.9 Å². The number of hydrogen-bond donors (Lipinski definition) is 1. The maximum absolute atomic E-state index is 11.9. The third-order valence-corrected chi connectivity index (χ3v) is 4.03. The molecule has 1 aliphatic heterocycles. The van der Waals surface area contributed by atoms with Gasteiger partial charge in [0, 0.05) is 26.2 Å². The molecular formula is C12H14N2O4S. The van der Waals surface area contributed by atoms with Crippen LogP contribution in [-0.2, 0) is 16.1 Å². The summed E-state index contributed by atoms with van der Waals surface area (Å²) < 4.78 is 0. The molecule has 1 aromatic heterocycles. The summed E-state index contributed by atoms with van der Waals surface area (Å²) in [6.07, 6.45) is 0. The van der Waals surface area contributed by atoms with Gasteiger partial charge in [-0.3, -0.25) is 9.59 Å². The largest absolute Gasteiger partial charge is 0.477 e. The predicted octanol–water partition coefficient (Wildman–Crippen LogP) is 0.637. The van der Waals surface area contributed by atoms with Gasteiger partial charge in [-0.2, -0.15) is 0 Å². The van der Waals surface area contributed by atoms with Gasteiger partial charge in [-0.25, -0.2) is 4.79 Å². The van der Waals surface area contributed by atoms with Gasteiger partial charge in [-0.15, -0.1) is 11.3 Å². The van der Waals surface area contributed by atoms with Crippen molar-refractivity contribution in [3.8, 4) is 0 Å². The van der Waals surface area contributed by atoms with Crippen molar-refractivity contribution in [1.82, 2.24) is 9.80 Å². The van der Waals surface area contributed by atoms with E-state index in [-0.39, 0.29) is 11.4 Å². The smallest absolute Gasteiger partial charge is 0.346 e. The molecule has 0 aromatic carbocycles. The van der Waals surface area contributed by atoms with Crippen LogP contribution in [0.15, 0.2) is 11.4 Å². The van der Waals surface area contributed by atoms with E-state index in [0.29, 0.717) is 25.2 Å². The van der Waals surface area contributed by atoms with Crippen LogP contribution >= 0.6 is 11.3 Å². The number of nitrogens with zero attached hydrogens (tertiary/aromatic N) is 2. The molecule has 1 fully saturated rings. The molecule has 0 unspecified atom stereocenters. The molecule has 7 heteroatoms. The maximum Gasteiger partial charge on any atom is 0.346 e. The lowest BCUT2D eigenvalue weighted by Gasteiger charge is -2.33. The normalized spacial score (nSPS) is 16.1. The lowest BCUT2D eigenvalue weighted by atomic mass is 10.2. The van der Waals surface area contributed by atoms with Crippen LogP contribution in [0.2, 0.25) is 0 Å².